The summed E-state index contributed by atoms with van der Waals surface area (Å²) in [6.07, 6.45) is 1.10. The minimum atomic E-state index is -2.72. The summed E-state index contributed by atoms with van der Waals surface area (Å²) in [6.45, 7) is 1.67. The van der Waals surface area contributed by atoms with Gasteiger partial charge in [0.1, 0.15) is 16.8 Å². The quantitative estimate of drug-likeness (QED) is 0.355. The first-order chi connectivity index (χ1) is 15.1. The number of aryl methyl sites for hydroxylation is 1. The van der Waals surface area contributed by atoms with Crippen molar-refractivity contribution in [1.29, 1.82) is 0 Å². The zero-order chi connectivity index (χ0) is 23.0. The van der Waals surface area contributed by atoms with Crippen molar-refractivity contribution >= 4 is 34.2 Å². The monoisotopic (exact) mass is 466 g/mol. The van der Waals surface area contributed by atoms with Crippen molar-refractivity contribution in [2.24, 2.45) is 0 Å². The van der Waals surface area contributed by atoms with E-state index in [0.717, 1.165) is 0 Å². The Kier molecular flexibility index (Phi) is 5.94. The highest BCUT2D eigenvalue weighted by molar-refractivity contribution is 6.30. The minimum Gasteiger partial charge on any atom is -0.335 e. The number of nitrogens with one attached hydrogen (secondary N) is 2. The molecule has 2 N–H and O–H groups in total. The highest BCUT2D eigenvalue weighted by atomic mass is 35.5. The lowest BCUT2D eigenvalue weighted by Crippen LogP contribution is -2.42. The molecule has 2 heterocycles. The topological polar surface area (TPSA) is 66.9 Å². The van der Waals surface area contributed by atoms with Crippen LogP contribution in [-0.2, 0) is 0 Å². The van der Waals surface area contributed by atoms with E-state index in [-0.39, 0.29) is 42.1 Å². The number of nitrogens with zero attached hydrogens (tertiary/aromatic N) is 2. The van der Waals surface area contributed by atoms with Gasteiger partial charge >= 0.3 is 6.03 Å². The number of amides is 2. The third-order valence-corrected chi connectivity index (χ3v) is 5.71. The number of benzene rings is 1. The van der Waals surface area contributed by atoms with Crippen molar-refractivity contribution < 1.29 is 22.4 Å². The fourth-order valence-electron chi connectivity index (χ4n) is 3.79. The van der Waals surface area contributed by atoms with E-state index in [1.807, 2.05) is 0 Å². The lowest BCUT2D eigenvalue weighted by molar-refractivity contribution is -0.0394. The van der Waals surface area contributed by atoms with E-state index in [0.29, 0.717) is 28.2 Å². The minimum absolute atomic E-state index is 0.0425. The van der Waals surface area contributed by atoms with Gasteiger partial charge in [-0.15, -0.1) is 0 Å². The van der Waals surface area contributed by atoms with Gasteiger partial charge < -0.3 is 10.6 Å². The van der Waals surface area contributed by atoms with Gasteiger partial charge in [-0.05, 0) is 31.9 Å². The SMILES string of the molecule is Cc1nc2cc(Cl)ncc2cc1-c1cc(NC(=O)NC2CCC(F)(F)CC2)c(F)cc1F. The fourth-order valence-corrected chi connectivity index (χ4v) is 3.94. The summed E-state index contributed by atoms with van der Waals surface area (Å²) < 4.78 is 55.6. The third-order valence-electron chi connectivity index (χ3n) is 5.50. The van der Waals surface area contributed by atoms with Gasteiger partial charge in [-0.1, -0.05) is 11.6 Å². The number of carbonyl (C=O) groups excluding carboxylic acids is 1. The number of rotatable bonds is 3. The first-order valence-electron chi connectivity index (χ1n) is 9.99. The van der Waals surface area contributed by atoms with Gasteiger partial charge in [0.15, 0.2) is 0 Å². The molecule has 0 saturated heterocycles. The van der Waals surface area contributed by atoms with Gasteiger partial charge in [-0.3, -0.25) is 4.98 Å². The van der Waals surface area contributed by atoms with Crippen molar-refractivity contribution in [3.8, 4) is 11.1 Å². The van der Waals surface area contributed by atoms with Crippen molar-refractivity contribution in [3.63, 3.8) is 0 Å². The first-order valence-corrected chi connectivity index (χ1v) is 10.4. The third kappa shape index (κ3) is 4.77. The van der Waals surface area contributed by atoms with Gasteiger partial charge in [0.05, 0.1) is 11.2 Å². The molecule has 2 aromatic heterocycles. The smallest absolute Gasteiger partial charge is 0.319 e. The second-order valence-corrected chi connectivity index (χ2v) is 8.25. The summed E-state index contributed by atoms with van der Waals surface area (Å²) in [5.41, 5.74) is 1.25. The van der Waals surface area contributed by atoms with E-state index in [1.54, 1.807) is 19.1 Å². The number of anilines is 1. The van der Waals surface area contributed by atoms with Crippen LogP contribution in [0.5, 0.6) is 0 Å². The maximum absolute atomic E-state index is 14.6. The van der Waals surface area contributed by atoms with E-state index >= 15 is 0 Å². The largest absolute Gasteiger partial charge is 0.335 e. The molecule has 0 radical (unpaired) electrons. The molecule has 168 valence electrons. The molecule has 0 spiro atoms. The molecule has 5 nitrogen and oxygen atoms in total. The average molecular weight is 467 g/mol. The van der Waals surface area contributed by atoms with Gasteiger partial charge in [0, 0.05) is 59.4 Å². The molecule has 0 bridgehead atoms. The summed E-state index contributed by atoms with van der Waals surface area (Å²) in [5, 5.41) is 5.80. The second kappa shape index (κ2) is 8.54. The molecular formula is C22H19ClF4N4O. The number of hydrogen-bond acceptors (Lipinski definition) is 3. The maximum atomic E-state index is 14.6. The molecule has 1 aromatic carbocycles. The summed E-state index contributed by atoms with van der Waals surface area (Å²) >= 11 is 5.89. The Bertz CT molecular complexity index is 1190. The second-order valence-electron chi connectivity index (χ2n) is 7.86. The number of urea groups is 1. The number of hydrogen-bond donors (Lipinski definition) is 2. The molecule has 3 aromatic rings. The standard InChI is InChI=1S/C22H19ClF4N4O/c1-11-14(6-12-10-28-20(23)9-18(12)29-11)15-7-19(17(25)8-16(15)24)31-21(32)30-13-2-4-22(26,27)5-3-13/h6-10,13H,2-5H2,1H3,(H2,30,31,32). The number of aromatic nitrogens is 2. The highest BCUT2D eigenvalue weighted by Crippen LogP contribution is 2.34. The average Bonchev–Trinajstić information content (AvgIpc) is 2.71. The van der Waals surface area contributed by atoms with E-state index in [9.17, 15) is 22.4 Å². The van der Waals surface area contributed by atoms with Crippen LogP contribution in [0.15, 0.2) is 30.5 Å². The number of pyridine rings is 2. The highest BCUT2D eigenvalue weighted by Gasteiger charge is 2.35. The Labute approximate surface area is 186 Å². The first kappa shape index (κ1) is 22.3. The summed E-state index contributed by atoms with van der Waals surface area (Å²) in [6, 6.07) is 3.90. The normalized spacial score (nSPS) is 16.2. The van der Waals surface area contributed by atoms with Crippen LogP contribution in [0.3, 0.4) is 0 Å². The van der Waals surface area contributed by atoms with Crippen LogP contribution in [0.2, 0.25) is 5.15 Å². The predicted octanol–water partition coefficient (Wildman–Crippen LogP) is 6.24. The van der Waals surface area contributed by atoms with Crippen molar-refractivity contribution in [1.82, 2.24) is 15.3 Å². The molecule has 1 aliphatic rings. The molecule has 10 heteroatoms. The Morgan fingerprint density at radius 1 is 1.09 bits per heavy atom. The molecule has 4 rings (SSSR count). The van der Waals surface area contributed by atoms with Crippen LogP contribution >= 0.6 is 11.6 Å². The van der Waals surface area contributed by atoms with E-state index in [2.05, 4.69) is 20.6 Å². The molecule has 2 amide bonds. The number of alkyl halides is 2. The lowest BCUT2D eigenvalue weighted by Gasteiger charge is -2.28. The zero-order valence-corrected chi connectivity index (χ0v) is 17.7. The van der Waals surface area contributed by atoms with Crippen molar-refractivity contribution in [2.45, 2.75) is 44.6 Å². The van der Waals surface area contributed by atoms with Crippen LogP contribution < -0.4 is 10.6 Å². The predicted molar refractivity (Wildman–Crippen MR) is 114 cm³/mol. The molecule has 0 atom stereocenters. The Balaban J connectivity index is 1.58. The number of fused-ring (bicyclic) bond motifs is 1. The van der Waals surface area contributed by atoms with Crippen LogP contribution in [0.4, 0.5) is 28.0 Å². The van der Waals surface area contributed by atoms with Crippen molar-refractivity contribution in [2.75, 3.05) is 5.32 Å². The number of carbonyl (C=O) groups is 1. The summed E-state index contributed by atoms with van der Waals surface area (Å²) in [4.78, 5) is 20.7. The van der Waals surface area contributed by atoms with Crippen LogP contribution in [0.1, 0.15) is 31.4 Å². The Morgan fingerprint density at radius 3 is 2.53 bits per heavy atom. The summed E-state index contributed by atoms with van der Waals surface area (Å²) in [5.74, 6) is -4.51. The molecule has 1 saturated carbocycles. The fraction of sp³-hybridized carbons (Fsp3) is 0.318. The van der Waals surface area contributed by atoms with Crippen molar-refractivity contribution in [3.05, 3.63) is 52.9 Å². The van der Waals surface area contributed by atoms with Gasteiger partial charge in [-0.25, -0.2) is 27.3 Å². The van der Waals surface area contributed by atoms with Crippen LogP contribution in [-0.4, -0.2) is 28.0 Å². The van der Waals surface area contributed by atoms with E-state index < -0.39 is 29.6 Å². The molecule has 1 aliphatic carbocycles. The van der Waals surface area contributed by atoms with Gasteiger partial charge in [0.2, 0.25) is 5.92 Å². The van der Waals surface area contributed by atoms with Gasteiger partial charge in [-0.2, -0.15) is 0 Å². The lowest BCUT2D eigenvalue weighted by atomic mass is 9.92. The van der Waals surface area contributed by atoms with Crippen LogP contribution in [0.25, 0.3) is 22.0 Å². The molecule has 32 heavy (non-hydrogen) atoms. The van der Waals surface area contributed by atoms with Gasteiger partial charge in [0.25, 0.3) is 0 Å². The van der Waals surface area contributed by atoms with E-state index in [4.69, 9.17) is 11.6 Å². The summed E-state index contributed by atoms with van der Waals surface area (Å²) in [7, 11) is 0. The Morgan fingerprint density at radius 2 is 1.81 bits per heavy atom. The van der Waals surface area contributed by atoms with Crippen LogP contribution in [0, 0.1) is 18.6 Å². The molecular weight excluding hydrogens is 448 g/mol. The molecule has 0 aliphatic heterocycles. The number of halogens is 5. The molecule has 0 unspecified atom stereocenters. The molecule has 1 fully saturated rings. The maximum Gasteiger partial charge on any atom is 0.319 e. The van der Waals surface area contributed by atoms with E-state index in [1.165, 1.54) is 12.3 Å². The zero-order valence-electron chi connectivity index (χ0n) is 17.0. The Hall–Kier alpha value is -2.94.